The van der Waals surface area contributed by atoms with Crippen molar-refractivity contribution in [3.8, 4) is 0 Å². The molecule has 9 heteroatoms. The molecule has 1 heterocycles. The number of hydrogen-bond acceptors (Lipinski definition) is 3. The van der Waals surface area contributed by atoms with E-state index in [0.29, 0.717) is 0 Å². The zero-order valence-corrected chi connectivity index (χ0v) is 13.0. The van der Waals surface area contributed by atoms with Gasteiger partial charge in [0.15, 0.2) is 5.69 Å². The second-order valence-corrected chi connectivity index (χ2v) is 5.43. The highest BCUT2D eigenvalue weighted by Gasteiger charge is 2.33. The summed E-state index contributed by atoms with van der Waals surface area (Å²) in [4.78, 5) is 23.1. The molecule has 134 valence electrons. The van der Waals surface area contributed by atoms with E-state index in [2.05, 4.69) is 10.4 Å². The van der Waals surface area contributed by atoms with Gasteiger partial charge in [-0.15, -0.1) is 0 Å². The summed E-state index contributed by atoms with van der Waals surface area (Å²) in [5.41, 5.74) is -0.279. The van der Waals surface area contributed by atoms with Crippen LogP contribution in [0.25, 0.3) is 0 Å². The van der Waals surface area contributed by atoms with Gasteiger partial charge < -0.3 is 10.4 Å². The minimum atomic E-state index is -4.58. The molecular formula is C16H16F3N3O3. The summed E-state index contributed by atoms with van der Waals surface area (Å²) in [7, 11) is 0. The van der Waals surface area contributed by atoms with E-state index in [1.807, 2.05) is 0 Å². The molecule has 25 heavy (non-hydrogen) atoms. The number of benzene rings is 1. The molecule has 0 fully saturated rings. The number of rotatable bonds is 7. The average molecular weight is 355 g/mol. The maximum absolute atomic E-state index is 12.4. The highest BCUT2D eigenvalue weighted by Crippen LogP contribution is 2.27. The Morgan fingerprint density at radius 3 is 2.44 bits per heavy atom. The normalized spacial score (nSPS) is 12.6. The van der Waals surface area contributed by atoms with Crippen molar-refractivity contribution >= 4 is 11.9 Å². The molecule has 0 spiro atoms. The summed E-state index contributed by atoms with van der Waals surface area (Å²) in [5, 5.41) is 14.9. The molecule has 2 N–H and O–H groups in total. The molecule has 0 saturated heterocycles. The Labute approximate surface area is 141 Å². The quantitative estimate of drug-likeness (QED) is 0.795. The van der Waals surface area contributed by atoms with E-state index in [4.69, 9.17) is 0 Å². The number of nitrogens with one attached hydrogen (secondary N) is 1. The Kier molecular flexibility index (Phi) is 5.79. The van der Waals surface area contributed by atoms with Gasteiger partial charge in [-0.25, -0.2) is 0 Å². The van der Waals surface area contributed by atoms with Gasteiger partial charge in [-0.3, -0.25) is 14.3 Å². The molecule has 2 rings (SSSR count). The van der Waals surface area contributed by atoms with Crippen molar-refractivity contribution in [2.24, 2.45) is 5.92 Å². The van der Waals surface area contributed by atoms with Crippen LogP contribution in [0.2, 0.25) is 0 Å². The molecule has 1 aromatic carbocycles. The van der Waals surface area contributed by atoms with Gasteiger partial charge in [-0.2, -0.15) is 18.3 Å². The molecular weight excluding hydrogens is 339 g/mol. The first kappa shape index (κ1) is 18.5. The lowest BCUT2D eigenvalue weighted by Crippen LogP contribution is -2.36. The third-order valence-electron chi connectivity index (χ3n) is 3.46. The number of halogens is 3. The number of aliphatic carboxylic acids is 1. The van der Waals surface area contributed by atoms with E-state index in [-0.39, 0.29) is 13.0 Å². The molecule has 0 aliphatic rings. The maximum Gasteiger partial charge on any atom is 0.435 e. The smallest absolute Gasteiger partial charge is 0.435 e. The van der Waals surface area contributed by atoms with Crippen molar-refractivity contribution < 1.29 is 27.9 Å². The molecule has 1 aromatic heterocycles. The molecule has 0 saturated carbocycles. The number of aromatic nitrogens is 2. The fourth-order valence-corrected chi connectivity index (χ4v) is 2.19. The van der Waals surface area contributed by atoms with Crippen LogP contribution in [0, 0.1) is 5.92 Å². The Hall–Kier alpha value is -2.84. The lowest BCUT2D eigenvalue weighted by Gasteiger charge is -2.13. The summed E-state index contributed by atoms with van der Waals surface area (Å²) in [5.74, 6) is -2.52. The van der Waals surface area contributed by atoms with Gasteiger partial charge in [0.1, 0.15) is 6.54 Å². The van der Waals surface area contributed by atoms with E-state index >= 15 is 0 Å². The second-order valence-electron chi connectivity index (χ2n) is 5.43. The topological polar surface area (TPSA) is 84.2 Å². The first-order chi connectivity index (χ1) is 11.8. The van der Waals surface area contributed by atoms with E-state index in [9.17, 15) is 27.9 Å². The number of carbonyl (C=O) groups excluding carboxylic acids is 1. The van der Waals surface area contributed by atoms with E-state index < -0.39 is 36.2 Å². The highest BCUT2D eigenvalue weighted by atomic mass is 19.4. The minimum absolute atomic E-state index is 0.129. The standard InChI is InChI=1S/C16H16F3N3O3/c17-16(18,19)13-6-7-22(21-13)10-14(23)20-9-12(15(24)25)8-11-4-2-1-3-5-11/h1-7,12H,8-10H2,(H,20,23)(H,24,25). The van der Waals surface area contributed by atoms with Gasteiger partial charge in [0, 0.05) is 12.7 Å². The van der Waals surface area contributed by atoms with Crippen LogP contribution in [-0.2, 0) is 28.7 Å². The van der Waals surface area contributed by atoms with Gasteiger partial charge in [0.25, 0.3) is 0 Å². The summed E-state index contributed by atoms with van der Waals surface area (Å²) in [6.45, 7) is -0.551. The Balaban J connectivity index is 1.88. The van der Waals surface area contributed by atoms with E-state index in [1.54, 1.807) is 30.3 Å². The van der Waals surface area contributed by atoms with Crippen LogP contribution in [0.3, 0.4) is 0 Å². The van der Waals surface area contributed by atoms with E-state index in [0.717, 1.165) is 22.5 Å². The number of carboxylic acids is 1. The average Bonchev–Trinajstić information content (AvgIpc) is 3.01. The molecule has 2 aromatic rings. The SMILES string of the molecule is O=C(Cn1ccc(C(F)(F)F)n1)NCC(Cc1ccccc1)C(=O)O. The molecule has 0 bridgehead atoms. The minimum Gasteiger partial charge on any atom is -0.481 e. The van der Waals surface area contributed by atoms with Crippen molar-refractivity contribution in [2.75, 3.05) is 6.54 Å². The van der Waals surface area contributed by atoms with Crippen molar-refractivity contribution in [2.45, 2.75) is 19.1 Å². The third-order valence-corrected chi connectivity index (χ3v) is 3.46. The molecule has 6 nitrogen and oxygen atoms in total. The van der Waals surface area contributed by atoms with Crippen molar-refractivity contribution in [3.05, 3.63) is 53.9 Å². The van der Waals surface area contributed by atoms with Gasteiger partial charge in [0.2, 0.25) is 5.91 Å². The predicted molar refractivity (Wildman–Crippen MR) is 81.5 cm³/mol. The zero-order valence-electron chi connectivity index (χ0n) is 13.0. The van der Waals surface area contributed by atoms with E-state index in [1.165, 1.54) is 0 Å². The van der Waals surface area contributed by atoms with Crippen LogP contribution in [-0.4, -0.2) is 33.3 Å². The maximum atomic E-state index is 12.4. The third kappa shape index (κ3) is 5.63. The largest absolute Gasteiger partial charge is 0.481 e. The summed E-state index contributed by atoms with van der Waals surface area (Å²) < 4.78 is 38.2. The Morgan fingerprint density at radius 1 is 1.20 bits per heavy atom. The second kappa shape index (κ2) is 7.82. The lowest BCUT2D eigenvalue weighted by atomic mass is 9.99. The van der Waals surface area contributed by atoms with Crippen LogP contribution < -0.4 is 5.32 Å². The molecule has 0 aliphatic heterocycles. The monoisotopic (exact) mass is 355 g/mol. The molecule has 1 unspecified atom stereocenters. The fourth-order valence-electron chi connectivity index (χ4n) is 2.19. The Bertz CT molecular complexity index is 729. The molecule has 0 aliphatic carbocycles. The number of carbonyl (C=O) groups is 2. The lowest BCUT2D eigenvalue weighted by molar-refractivity contribution is -0.143. The van der Waals surface area contributed by atoms with Gasteiger partial charge in [-0.1, -0.05) is 30.3 Å². The number of nitrogens with zero attached hydrogens (tertiary/aromatic N) is 2. The van der Waals surface area contributed by atoms with Crippen molar-refractivity contribution in [3.63, 3.8) is 0 Å². The van der Waals surface area contributed by atoms with Gasteiger partial charge in [-0.05, 0) is 18.1 Å². The van der Waals surface area contributed by atoms with Crippen molar-refractivity contribution in [1.82, 2.24) is 15.1 Å². The molecule has 0 radical (unpaired) electrons. The first-order valence-electron chi connectivity index (χ1n) is 7.40. The van der Waals surface area contributed by atoms with Crippen LogP contribution in [0.5, 0.6) is 0 Å². The number of hydrogen-bond donors (Lipinski definition) is 2. The van der Waals surface area contributed by atoms with Crippen LogP contribution in [0.15, 0.2) is 42.6 Å². The van der Waals surface area contributed by atoms with Crippen LogP contribution in [0.1, 0.15) is 11.3 Å². The highest BCUT2D eigenvalue weighted by molar-refractivity contribution is 5.77. The number of alkyl halides is 3. The number of amides is 1. The predicted octanol–water partition coefficient (Wildman–Crippen LogP) is 1.96. The van der Waals surface area contributed by atoms with Crippen molar-refractivity contribution in [1.29, 1.82) is 0 Å². The summed E-state index contributed by atoms with van der Waals surface area (Å²) in [6.07, 6.45) is -3.30. The number of carboxylic acid groups (broad SMARTS) is 1. The Morgan fingerprint density at radius 2 is 1.88 bits per heavy atom. The summed E-state index contributed by atoms with van der Waals surface area (Å²) in [6, 6.07) is 9.69. The van der Waals surface area contributed by atoms with Gasteiger partial charge in [0.05, 0.1) is 5.92 Å². The first-order valence-corrected chi connectivity index (χ1v) is 7.40. The van der Waals surface area contributed by atoms with Crippen LogP contribution in [0.4, 0.5) is 13.2 Å². The fraction of sp³-hybridized carbons (Fsp3) is 0.312. The van der Waals surface area contributed by atoms with Crippen LogP contribution >= 0.6 is 0 Å². The van der Waals surface area contributed by atoms with Gasteiger partial charge >= 0.3 is 12.1 Å². The summed E-state index contributed by atoms with van der Waals surface area (Å²) >= 11 is 0. The zero-order chi connectivity index (χ0) is 18.4. The molecule has 1 atom stereocenters. The molecule has 1 amide bonds.